The summed E-state index contributed by atoms with van der Waals surface area (Å²) in [6.45, 7) is 4.75. The van der Waals surface area contributed by atoms with Gasteiger partial charge in [-0.2, -0.15) is 0 Å². The molecule has 4 nitrogen and oxygen atoms in total. The number of rotatable bonds is 7. The smallest absolute Gasteiger partial charge is 0.272 e. The number of hydrogen-bond donors (Lipinski definition) is 1. The van der Waals surface area contributed by atoms with Crippen LogP contribution in [0.2, 0.25) is 0 Å². The molecule has 0 atom stereocenters. The molecular formula is C22H29N3O. The Bertz CT molecular complexity index is 694. The van der Waals surface area contributed by atoms with Gasteiger partial charge < -0.3 is 10.2 Å². The minimum absolute atomic E-state index is 0.0577. The van der Waals surface area contributed by atoms with Crippen molar-refractivity contribution < 1.29 is 4.79 Å². The predicted octanol–water partition coefficient (Wildman–Crippen LogP) is 4.39. The number of unbranched alkanes of at least 4 members (excludes halogenated alkanes) is 1. The first-order valence-corrected chi connectivity index (χ1v) is 9.79. The summed E-state index contributed by atoms with van der Waals surface area (Å²) in [6, 6.07) is 14.5. The van der Waals surface area contributed by atoms with Crippen LogP contribution in [0.4, 0.5) is 5.69 Å². The number of aromatic nitrogens is 1. The van der Waals surface area contributed by atoms with Crippen LogP contribution >= 0.6 is 0 Å². The van der Waals surface area contributed by atoms with Crippen LogP contribution in [0, 0.1) is 5.92 Å². The standard InChI is InChI=1S/C22H29N3O/c1-2-3-12-23-20-9-13-24-21(17-20)22(26)25-14-10-19(11-15-25)16-18-7-5-4-6-8-18/h4-9,13,17,19H,2-3,10-12,14-16H2,1H3,(H,23,24). The molecule has 1 saturated heterocycles. The first-order chi connectivity index (χ1) is 12.8. The summed E-state index contributed by atoms with van der Waals surface area (Å²) in [5.41, 5.74) is 2.92. The highest BCUT2D eigenvalue weighted by atomic mass is 16.2. The molecule has 0 unspecified atom stereocenters. The quantitative estimate of drug-likeness (QED) is 0.753. The molecular weight excluding hydrogens is 322 g/mol. The van der Waals surface area contributed by atoms with E-state index in [0.29, 0.717) is 11.6 Å². The van der Waals surface area contributed by atoms with E-state index in [1.54, 1.807) is 6.20 Å². The van der Waals surface area contributed by atoms with E-state index in [2.05, 4.69) is 47.6 Å². The summed E-state index contributed by atoms with van der Waals surface area (Å²) in [7, 11) is 0. The van der Waals surface area contributed by atoms with E-state index in [1.165, 1.54) is 5.56 Å². The van der Waals surface area contributed by atoms with Gasteiger partial charge in [-0.1, -0.05) is 43.7 Å². The number of carbonyl (C=O) groups excluding carboxylic acids is 1. The van der Waals surface area contributed by atoms with E-state index < -0.39 is 0 Å². The third-order valence-electron chi connectivity index (χ3n) is 5.11. The zero-order valence-corrected chi connectivity index (χ0v) is 15.7. The molecule has 0 bridgehead atoms. The molecule has 4 heteroatoms. The molecule has 2 heterocycles. The summed E-state index contributed by atoms with van der Waals surface area (Å²) >= 11 is 0. The summed E-state index contributed by atoms with van der Waals surface area (Å²) in [4.78, 5) is 19.0. The lowest BCUT2D eigenvalue weighted by Crippen LogP contribution is -2.39. The van der Waals surface area contributed by atoms with Crippen molar-refractivity contribution in [3.05, 3.63) is 59.9 Å². The first kappa shape index (κ1) is 18.4. The summed E-state index contributed by atoms with van der Waals surface area (Å²) in [6.07, 6.45) is 7.24. The Morgan fingerprint density at radius 1 is 1.19 bits per heavy atom. The Kier molecular flexibility index (Phi) is 6.64. The number of benzene rings is 1. The zero-order valence-electron chi connectivity index (χ0n) is 15.7. The zero-order chi connectivity index (χ0) is 18.2. The maximum Gasteiger partial charge on any atom is 0.272 e. The van der Waals surface area contributed by atoms with Gasteiger partial charge >= 0.3 is 0 Å². The van der Waals surface area contributed by atoms with Crippen molar-refractivity contribution in [1.82, 2.24) is 9.88 Å². The van der Waals surface area contributed by atoms with Crippen LogP contribution in [0.25, 0.3) is 0 Å². The second-order valence-electron chi connectivity index (χ2n) is 7.14. The van der Waals surface area contributed by atoms with Gasteiger partial charge in [0.15, 0.2) is 0 Å². The number of piperidine rings is 1. The molecule has 2 aromatic rings. The van der Waals surface area contributed by atoms with Crippen LogP contribution in [0.5, 0.6) is 0 Å². The van der Waals surface area contributed by atoms with Gasteiger partial charge in [-0.05, 0) is 49.3 Å². The Morgan fingerprint density at radius 3 is 2.69 bits per heavy atom. The third-order valence-corrected chi connectivity index (χ3v) is 5.11. The van der Waals surface area contributed by atoms with Crippen LogP contribution in [0.1, 0.15) is 48.7 Å². The number of likely N-dealkylation sites (tertiary alicyclic amines) is 1. The van der Waals surface area contributed by atoms with Gasteiger partial charge in [-0.25, -0.2) is 0 Å². The molecule has 0 saturated carbocycles. The monoisotopic (exact) mass is 351 g/mol. The van der Waals surface area contributed by atoms with Gasteiger partial charge in [0.2, 0.25) is 0 Å². The maximum absolute atomic E-state index is 12.8. The Balaban J connectivity index is 1.52. The molecule has 1 aliphatic heterocycles. The fraction of sp³-hybridized carbons (Fsp3) is 0.455. The second-order valence-corrected chi connectivity index (χ2v) is 7.14. The molecule has 0 aliphatic carbocycles. The molecule has 1 aromatic heterocycles. The largest absolute Gasteiger partial charge is 0.385 e. The Hall–Kier alpha value is -2.36. The van der Waals surface area contributed by atoms with Crippen molar-refractivity contribution in [1.29, 1.82) is 0 Å². The summed E-state index contributed by atoms with van der Waals surface area (Å²) in [5, 5.41) is 3.37. The Labute approximate surface area is 156 Å². The van der Waals surface area contributed by atoms with Gasteiger partial charge in [0.25, 0.3) is 5.91 Å². The van der Waals surface area contributed by atoms with Crippen LogP contribution in [0.3, 0.4) is 0 Å². The predicted molar refractivity (Wildman–Crippen MR) is 106 cm³/mol. The van der Waals surface area contributed by atoms with Crippen molar-refractivity contribution in [3.63, 3.8) is 0 Å². The van der Waals surface area contributed by atoms with Crippen molar-refractivity contribution in [2.24, 2.45) is 5.92 Å². The number of nitrogens with one attached hydrogen (secondary N) is 1. The minimum Gasteiger partial charge on any atom is -0.385 e. The molecule has 138 valence electrons. The Morgan fingerprint density at radius 2 is 1.96 bits per heavy atom. The van der Waals surface area contributed by atoms with E-state index >= 15 is 0 Å². The van der Waals surface area contributed by atoms with Crippen LogP contribution < -0.4 is 5.32 Å². The van der Waals surface area contributed by atoms with Crippen LogP contribution in [-0.4, -0.2) is 35.4 Å². The van der Waals surface area contributed by atoms with Crippen molar-refractivity contribution >= 4 is 11.6 Å². The van der Waals surface area contributed by atoms with E-state index in [4.69, 9.17) is 0 Å². The highest BCUT2D eigenvalue weighted by Crippen LogP contribution is 2.23. The highest BCUT2D eigenvalue weighted by Gasteiger charge is 2.24. The molecule has 1 N–H and O–H groups in total. The van der Waals surface area contributed by atoms with Gasteiger partial charge in [0.05, 0.1) is 0 Å². The average molecular weight is 351 g/mol. The second kappa shape index (κ2) is 9.37. The molecule has 0 radical (unpaired) electrons. The lowest BCUT2D eigenvalue weighted by Gasteiger charge is -2.32. The number of anilines is 1. The summed E-state index contributed by atoms with van der Waals surface area (Å²) < 4.78 is 0. The fourth-order valence-electron chi connectivity index (χ4n) is 3.52. The molecule has 26 heavy (non-hydrogen) atoms. The molecule has 1 fully saturated rings. The van der Waals surface area contributed by atoms with Gasteiger partial charge in [-0.15, -0.1) is 0 Å². The lowest BCUT2D eigenvalue weighted by molar-refractivity contribution is 0.0684. The molecule has 1 aromatic carbocycles. The number of amides is 1. The molecule has 1 amide bonds. The number of carbonyl (C=O) groups is 1. The van der Waals surface area contributed by atoms with Gasteiger partial charge in [0.1, 0.15) is 5.69 Å². The van der Waals surface area contributed by atoms with Gasteiger partial charge in [0, 0.05) is 31.5 Å². The molecule has 1 aliphatic rings. The molecule has 0 spiro atoms. The summed E-state index contributed by atoms with van der Waals surface area (Å²) in [5.74, 6) is 0.721. The van der Waals surface area contributed by atoms with E-state index in [0.717, 1.165) is 57.4 Å². The van der Waals surface area contributed by atoms with Crippen molar-refractivity contribution in [3.8, 4) is 0 Å². The van der Waals surface area contributed by atoms with E-state index in [9.17, 15) is 4.79 Å². The SMILES string of the molecule is CCCCNc1ccnc(C(=O)N2CCC(Cc3ccccc3)CC2)c1. The van der Waals surface area contributed by atoms with Crippen LogP contribution in [-0.2, 0) is 6.42 Å². The molecule has 3 rings (SSSR count). The normalized spacial score (nSPS) is 15.0. The number of nitrogens with zero attached hydrogens (tertiary/aromatic N) is 2. The lowest BCUT2D eigenvalue weighted by atomic mass is 9.90. The number of hydrogen-bond acceptors (Lipinski definition) is 3. The fourth-order valence-corrected chi connectivity index (χ4v) is 3.52. The minimum atomic E-state index is 0.0577. The van der Waals surface area contributed by atoms with Crippen molar-refractivity contribution in [2.45, 2.75) is 39.0 Å². The van der Waals surface area contributed by atoms with Crippen LogP contribution in [0.15, 0.2) is 48.7 Å². The van der Waals surface area contributed by atoms with Crippen molar-refractivity contribution in [2.75, 3.05) is 25.0 Å². The average Bonchev–Trinajstić information content (AvgIpc) is 2.69. The topological polar surface area (TPSA) is 45.2 Å². The van der Waals surface area contributed by atoms with E-state index in [1.807, 2.05) is 17.0 Å². The first-order valence-electron chi connectivity index (χ1n) is 9.79. The highest BCUT2D eigenvalue weighted by molar-refractivity contribution is 5.93. The third kappa shape index (κ3) is 5.07. The van der Waals surface area contributed by atoms with E-state index in [-0.39, 0.29) is 5.91 Å². The van der Waals surface area contributed by atoms with Gasteiger partial charge in [-0.3, -0.25) is 9.78 Å². The number of pyridine rings is 1. The maximum atomic E-state index is 12.8.